The zero-order valence-electron chi connectivity index (χ0n) is 10.8. The topological polar surface area (TPSA) is 69.6 Å². The highest BCUT2D eigenvalue weighted by Crippen LogP contribution is 2.25. The van der Waals surface area contributed by atoms with Crippen LogP contribution >= 0.6 is 12.6 Å². The number of amides is 2. The molecule has 1 aliphatic carbocycles. The summed E-state index contributed by atoms with van der Waals surface area (Å²) >= 11 is 4.12. The molecule has 0 aromatic rings. The van der Waals surface area contributed by atoms with E-state index in [0.717, 1.165) is 19.3 Å². The van der Waals surface area contributed by atoms with Gasteiger partial charge in [-0.05, 0) is 25.7 Å². The molecule has 0 aliphatic heterocycles. The molecule has 1 atom stereocenters. The lowest BCUT2D eigenvalue weighted by Gasteiger charge is -2.39. The van der Waals surface area contributed by atoms with E-state index in [2.05, 4.69) is 17.9 Å². The van der Waals surface area contributed by atoms with Gasteiger partial charge in [0, 0.05) is 31.9 Å². The lowest BCUT2D eigenvalue weighted by atomic mass is 9.91. The molecule has 0 radical (unpaired) electrons. The molecule has 5 nitrogen and oxygen atoms in total. The first-order valence-electron chi connectivity index (χ1n) is 6.39. The Labute approximate surface area is 113 Å². The highest BCUT2D eigenvalue weighted by molar-refractivity contribution is 7.80. The fraction of sp³-hybridized carbons (Fsp3) is 0.833. The van der Waals surface area contributed by atoms with Gasteiger partial charge < -0.3 is 15.3 Å². The SMILES string of the molecule is CC(=O)NC(CS)C(=O)N(CCCO)C1CCC1. The molecular weight excluding hydrogens is 252 g/mol. The molecule has 2 amide bonds. The number of carbonyl (C=O) groups is 2. The summed E-state index contributed by atoms with van der Waals surface area (Å²) in [5, 5.41) is 11.5. The van der Waals surface area contributed by atoms with Crippen LogP contribution in [0, 0.1) is 0 Å². The lowest BCUT2D eigenvalue weighted by Crippen LogP contribution is -2.54. The number of aliphatic hydroxyl groups is 1. The molecule has 6 heteroatoms. The van der Waals surface area contributed by atoms with Gasteiger partial charge in [0.2, 0.25) is 11.8 Å². The van der Waals surface area contributed by atoms with E-state index in [1.807, 2.05) is 0 Å². The lowest BCUT2D eigenvalue weighted by molar-refractivity contribution is -0.139. The second-order valence-corrected chi connectivity index (χ2v) is 4.99. The van der Waals surface area contributed by atoms with Crippen LogP contribution < -0.4 is 5.32 Å². The highest BCUT2D eigenvalue weighted by atomic mass is 32.1. The Morgan fingerprint density at radius 2 is 2.17 bits per heavy atom. The fourth-order valence-electron chi connectivity index (χ4n) is 2.04. The van der Waals surface area contributed by atoms with Gasteiger partial charge in [-0.15, -0.1) is 0 Å². The summed E-state index contributed by atoms with van der Waals surface area (Å²) in [6.45, 7) is 2.01. The Hall–Kier alpha value is -0.750. The fourth-order valence-corrected chi connectivity index (χ4v) is 2.29. The summed E-state index contributed by atoms with van der Waals surface area (Å²) in [5.41, 5.74) is 0. The van der Waals surface area contributed by atoms with E-state index < -0.39 is 6.04 Å². The summed E-state index contributed by atoms with van der Waals surface area (Å²) < 4.78 is 0. The number of nitrogens with zero attached hydrogens (tertiary/aromatic N) is 1. The summed E-state index contributed by atoms with van der Waals surface area (Å²) in [6, 6.07) is -0.301. The Balaban J connectivity index is 2.63. The van der Waals surface area contributed by atoms with Crippen molar-refractivity contribution in [2.75, 3.05) is 18.9 Å². The van der Waals surface area contributed by atoms with Crippen molar-refractivity contribution >= 4 is 24.4 Å². The minimum atomic E-state index is -0.565. The minimum absolute atomic E-state index is 0.0716. The number of aliphatic hydroxyl groups excluding tert-OH is 1. The molecule has 0 spiro atoms. The van der Waals surface area contributed by atoms with Gasteiger partial charge in [0.15, 0.2) is 0 Å². The zero-order chi connectivity index (χ0) is 13.5. The third-order valence-electron chi connectivity index (χ3n) is 3.21. The molecule has 0 heterocycles. The molecule has 2 N–H and O–H groups in total. The van der Waals surface area contributed by atoms with Crippen molar-refractivity contribution < 1.29 is 14.7 Å². The summed E-state index contributed by atoms with van der Waals surface area (Å²) in [4.78, 5) is 25.2. The second-order valence-electron chi connectivity index (χ2n) is 4.63. The van der Waals surface area contributed by atoms with Gasteiger partial charge in [0.05, 0.1) is 0 Å². The molecule has 1 unspecified atom stereocenters. The van der Waals surface area contributed by atoms with Gasteiger partial charge in [0.25, 0.3) is 0 Å². The minimum Gasteiger partial charge on any atom is -0.396 e. The number of hydrogen-bond acceptors (Lipinski definition) is 4. The summed E-state index contributed by atoms with van der Waals surface area (Å²) in [5.74, 6) is -0.0164. The van der Waals surface area contributed by atoms with E-state index in [0.29, 0.717) is 18.7 Å². The Morgan fingerprint density at radius 1 is 1.50 bits per heavy atom. The van der Waals surface area contributed by atoms with Crippen molar-refractivity contribution in [3.63, 3.8) is 0 Å². The van der Waals surface area contributed by atoms with Crippen LogP contribution in [0.15, 0.2) is 0 Å². The molecule has 1 rings (SSSR count). The summed E-state index contributed by atoms with van der Waals surface area (Å²) in [7, 11) is 0. The normalized spacial score (nSPS) is 16.8. The van der Waals surface area contributed by atoms with E-state index >= 15 is 0 Å². The number of thiol groups is 1. The number of hydrogen-bond donors (Lipinski definition) is 3. The maximum atomic E-state index is 12.3. The van der Waals surface area contributed by atoms with Gasteiger partial charge in [-0.1, -0.05) is 0 Å². The van der Waals surface area contributed by atoms with E-state index in [9.17, 15) is 9.59 Å². The van der Waals surface area contributed by atoms with Crippen LogP contribution in [0.25, 0.3) is 0 Å². The quantitative estimate of drug-likeness (QED) is 0.580. The van der Waals surface area contributed by atoms with E-state index in [1.165, 1.54) is 6.92 Å². The number of carbonyl (C=O) groups excluding carboxylic acids is 2. The molecule has 0 saturated heterocycles. The Morgan fingerprint density at radius 3 is 2.56 bits per heavy atom. The van der Waals surface area contributed by atoms with Crippen LogP contribution in [0.1, 0.15) is 32.6 Å². The van der Waals surface area contributed by atoms with Gasteiger partial charge in [-0.3, -0.25) is 9.59 Å². The first-order chi connectivity index (χ1) is 8.60. The van der Waals surface area contributed by atoms with E-state index in [-0.39, 0.29) is 24.5 Å². The van der Waals surface area contributed by atoms with Crippen molar-refractivity contribution in [3.05, 3.63) is 0 Å². The van der Waals surface area contributed by atoms with Crippen molar-refractivity contribution in [2.24, 2.45) is 0 Å². The van der Waals surface area contributed by atoms with Crippen LogP contribution in [0.2, 0.25) is 0 Å². The molecule has 0 aromatic carbocycles. The van der Waals surface area contributed by atoms with Crippen molar-refractivity contribution in [2.45, 2.75) is 44.7 Å². The molecule has 1 fully saturated rings. The molecule has 18 heavy (non-hydrogen) atoms. The summed E-state index contributed by atoms with van der Waals surface area (Å²) in [6.07, 6.45) is 3.73. The predicted molar refractivity (Wildman–Crippen MR) is 72.5 cm³/mol. The van der Waals surface area contributed by atoms with Crippen LogP contribution in [0.3, 0.4) is 0 Å². The van der Waals surface area contributed by atoms with Crippen molar-refractivity contribution in [1.82, 2.24) is 10.2 Å². The average Bonchev–Trinajstić information content (AvgIpc) is 2.27. The molecule has 104 valence electrons. The smallest absolute Gasteiger partial charge is 0.246 e. The van der Waals surface area contributed by atoms with Crippen LogP contribution in [0.5, 0.6) is 0 Å². The monoisotopic (exact) mass is 274 g/mol. The van der Waals surface area contributed by atoms with Gasteiger partial charge >= 0.3 is 0 Å². The molecule has 0 aromatic heterocycles. The van der Waals surface area contributed by atoms with Crippen LogP contribution in [-0.2, 0) is 9.59 Å². The first-order valence-corrected chi connectivity index (χ1v) is 7.02. The Kier molecular flexibility index (Phi) is 6.49. The number of nitrogens with one attached hydrogen (secondary N) is 1. The maximum Gasteiger partial charge on any atom is 0.246 e. The van der Waals surface area contributed by atoms with Gasteiger partial charge in [-0.25, -0.2) is 0 Å². The molecule has 1 aliphatic rings. The van der Waals surface area contributed by atoms with Crippen LogP contribution in [-0.4, -0.2) is 52.8 Å². The van der Waals surface area contributed by atoms with Crippen molar-refractivity contribution in [1.29, 1.82) is 0 Å². The molecule has 1 saturated carbocycles. The zero-order valence-corrected chi connectivity index (χ0v) is 11.7. The maximum absolute atomic E-state index is 12.3. The highest BCUT2D eigenvalue weighted by Gasteiger charge is 2.32. The van der Waals surface area contributed by atoms with E-state index in [1.54, 1.807) is 4.90 Å². The largest absolute Gasteiger partial charge is 0.396 e. The number of rotatable bonds is 7. The second kappa shape index (κ2) is 7.63. The van der Waals surface area contributed by atoms with E-state index in [4.69, 9.17) is 5.11 Å². The molecular formula is C12H22N2O3S. The van der Waals surface area contributed by atoms with Crippen LogP contribution in [0.4, 0.5) is 0 Å². The van der Waals surface area contributed by atoms with Gasteiger partial charge in [-0.2, -0.15) is 12.6 Å². The third kappa shape index (κ3) is 4.17. The van der Waals surface area contributed by atoms with Crippen molar-refractivity contribution in [3.8, 4) is 0 Å². The third-order valence-corrected chi connectivity index (χ3v) is 3.58. The predicted octanol–water partition coefficient (Wildman–Crippen LogP) is 0.184. The van der Waals surface area contributed by atoms with Gasteiger partial charge in [0.1, 0.15) is 6.04 Å². The average molecular weight is 274 g/mol. The Bertz CT molecular complexity index is 295. The molecule has 0 bridgehead atoms. The standard InChI is InChI=1S/C12H22N2O3S/c1-9(16)13-11(8-18)12(17)14(6-3-7-15)10-4-2-5-10/h10-11,15,18H,2-8H2,1H3,(H,13,16). The first kappa shape index (κ1) is 15.3.